The fraction of sp³-hybridized carbons (Fsp3) is 0.500. The molecule has 100 valence electrons. The maximum atomic E-state index is 6.00. The second-order valence-electron chi connectivity index (χ2n) is 4.93. The van der Waals surface area contributed by atoms with Gasteiger partial charge in [-0.1, -0.05) is 38.2 Å². The van der Waals surface area contributed by atoms with Crippen molar-refractivity contribution in [2.75, 3.05) is 19.8 Å². The van der Waals surface area contributed by atoms with Crippen molar-refractivity contribution in [2.45, 2.75) is 30.4 Å². The Labute approximate surface area is 120 Å². The van der Waals surface area contributed by atoms with E-state index < -0.39 is 0 Å². The highest BCUT2D eigenvalue weighted by molar-refractivity contribution is 8.00. The van der Waals surface area contributed by atoms with Crippen molar-refractivity contribution in [3.63, 3.8) is 0 Å². The molecule has 1 aromatic carbocycles. The van der Waals surface area contributed by atoms with Gasteiger partial charge in [0.05, 0.1) is 4.99 Å². The predicted molar refractivity (Wildman–Crippen MR) is 86.2 cm³/mol. The number of hydrogen-bond acceptors (Lipinski definition) is 3. The summed E-state index contributed by atoms with van der Waals surface area (Å²) < 4.78 is 0. The van der Waals surface area contributed by atoms with Gasteiger partial charge >= 0.3 is 0 Å². The van der Waals surface area contributed by atoms with Crippen LogP contribution in [0.2, 0.25) is 0 Å². The average molecular weight is 282 g/mol. The molecule has 18 heavy (non-hydrogen) atoms. The molecule has 0 aliphatic carbocycles. The number of rotatable bonds is 5. The lowest BCUT2D eigenvalue weighted by Crippen LogP contribution is -2.25. The summed E-state index contributed by atoms with van der Waals surface area (Å²) in [7, 11) is 4.00. The van der Waals surface area contributed by atoms with Gasteiger partial charge in [-0.2, -0.15) is 0 Å². The summed E-state index contributed by atoms with van der Waals surface area (Å²) >= 11 is 7.23. The van der Waals surface area contributed by atoms with Crippen LogP contribution in [0.25, 0.3) is 0 Å². The van der Waals surface area contributed by atoms with E-state index >= 15 is 0 Å². The highest BCUT2D eigenvalue weighted by atomic mass is 32.2. The van der Waals surface area contributed by atoms with E-state index in [1.807, 2.05) is 49.0 Å². The number of thioether (sulfide) groups is 1. The molecule has 0 spiro atoms. The fourth-order valence-electron chi connectivity index (χ4n) is 1.52. The first kappa shape index (κ1) is 15.3. The third-order valence-electron chi connectivity index (χ3n) is 2.82. The molecule has 0 bridgehead atoms. The van der Waals surface area contributed by atoms with E-state index in [9.17, 15) is 0 Å². The van der Waals surface area contributed by atoms with Crippen LogP contribution in [0, 0.1) is 5.92 Å². The molecular formula is C14H22N2S2. The van der Waals surface area contributed by atoms with Gasteiger partial charge in [0.1, 0.15) is 0 Å². The van der Waals surface area contributed by atoms with Crippen LogP contribution in [0.5, 0.6) is 0 Å². The first-order valence-electron chi connectivity index (χ1n) is 6.13. The molecule has 0 radical (unpaired) electrons. The van der Waals surface area contributed by atoms with Crippen LogP contribution in [-0.2, 0) is 0 Å². The Morgan fingerprint density at radius 3 is 2.44 bits per heavy atom. The van der Waals surface area contributed by atoms with Gasteiger partial charge in [0.2, 0.25) is 0 Å². The summed E-state index contributed by atoms with van der Waals surface area (Å²) in [5.74, 6) is 0.563. The third kappa shape index (κ3) is 4.50. The van der Waals surface area contributed by atoms with Gasteiger partial charge in [-0.05, 0) is 18.1 Å². The molecule has 1 atom stereocenters. The number of benzene rings is 1. The molecule has 1 rings (SSSR count). The van der Waals surface area contributed by atoms with E-state index in [1.54, 1.807) is 0 Å². The number of hydrogen-bond donors (Lipinski definition) is 1. The second kappa shape index (κ2) is 7.00. The third-order valence-corrected chi connectivity index (χ3v) is 4.99. The number of nitrogen functional groups attached to an aromatic ring is 1. The molecule has 0 aliphatic rings. The van der Waals surface area contributed by atoms with Crippen LogP contribution in [-0.4, -0.2) is 29.2 Å². The second-order valence-corrected chi connectivity index (χ2v) is 6.68. The van der Waals surface area contributed by atoms with E-state index in [0.717, 1.165) is 22.0 Å². The SMILES string of the molecule is CC(C)[C@@H](CC(=S)N(C)C)Sc1ccccc1N. The summed E-state index contributed by atoms with van der Waals surface area (Å²) in [5.41, 5.74) is 6.85. The largest absolute Gasteiger partial charge is 0.398 e. The number of nitrogens with zero attached hydrogens (tertiary/aromatic N) is 1. The van der Waals surface area contributed by atoms with Crippen LogP contribution >= 0.6 is 24.0 Å². The summed E-state index contributed by atoms with van der Waals surface area (Å²) in [6, 6.07) is 8.02. The van der Waals surface area contributed by atoms with Crippen molar-refractivity contribution in [1.29, 1.82) is 0 Å². The van der Waals surface area contributed by atoms with Crippen molar-refractivity contribution >= 4 is 34.7 Å². The highest BCUT2D eigenvalue weighted by Crippen LogP contribution is 2.34. The van der Waals surface area contributed by atoms with Crippen molar-refractivity contribution < 1.29 is 0 Å². The Morgan fingerprint density at radius 2 is 1.94 bits per heavy atom. The van der Waals surface area contributed by atoms with Crippen LogP contribution in [0.15, 0.2) is 29.2 Å². The number of para-hydroxylation sites is 1. The number of thiocarbonyl (C=S) groups is 1. The van der Waals surface area contributed by atoms with Gasteiger partial charge in [0.15, 0.2) is 0 Å². The standard InChI is InChI=1S/C14H22N2S2/c1-10(2)13(9-14(17)16(3)4)18-12-8-6-5-7-11(12)15/h5-8,10,13H,9,15H2,1-4H3/t13-/m1/s1. The maximum absolute atomic E-state index is 6.00. The molecule has 1 aromatic rings. The Hall–Kier alpha value is -0.740. The van der Waals surface area contributed by atoms with Gasteiger partial charge < -0.3 is 10.6 Å². The number of anilines is 1. The summed E-state index contributed by atoms with van der Waals surface area (Å²) in [6.45, 7) is 4.46. The summed E-state index contributed by atoms with van der Waals surface area (Å²) in [6.07, 6.45) is 0.916. The monoisotopic (exact) mass is 282 g/mol. The van der Waals surface area contributed by atoms with Gasteiger partial charge in [0, 0.05) is 36.3 Å². The molecule has 0 amide bonds. The zero-order valence-corrected chi connectivity index (χ0v) is 13.1. The Bertz CT molecular complexity index is 403. The van der Waals surface area contributed by atoms with E-state index in [-0.39, 0.29) is 0 Å². The zero-order valence-electron chi connectivity index (χ0n) is 11.5. The van der Waals surface area contributed by atoms with Crippen LogP contribution < -0.4 is 5.73 Å². The molecule has 0 aromatic heterocycles. The predicted octanol–water partition coefficient (Wildman–Crippen LogP) is 3.66. The molecule has 2 N–H and O–H groups in total. The lowest BCUT2D eigenvalue weighted by atomic mass is 10.1. The molecule has 0 saturated carbocycles. The normalized spacial score (nSPS) is 12.5. The van der Waals surface area contributed by atoms with Crippen LogP contribution in [0.4, 0.5) is 5.69 Å². The van der Waals surface area contributed by atoms with E-state index in [0.29, 0.717) is 11.2 Å². The molecule has 0 unspecified atom stereocenters. The van der Waals surface area contributed by atoms with Crippen molar-refractivity contribution in [2.24, 2.45) is 5.92 Å². The molecule has 0 saturated heterocycles. The highest BCUT2D eigenvalue weighted by Gasteiger charge is 2.18. The van der Waals surface area contributed by atoms with Crippen LogP contribution in [0.3, 0.4) is 0 Å². The Kier molecular flexibility index (Phi) is 5.96. The Balaban J connectivity index is 2.75. The Morgan fingerprint density at radius 1 is 1.33 bits per heavy atom. The van der Waals surface area contributed by atoms with Gasteiger partial charge in [-0.3, -0.25) is 0 Å². The van der Waals surface area contributed by atoms with Crippen molar-refractivity contribution in [3.8, 4) is 0 Å². The molecule has 4 heteroatoms. The minimum atomic E-state index is 0.463. The lowest BCUT2D eigenvalue weighted by molar-refractivity contribution is 0.573. The van der Waals surface area contributed by atoms with E-state index in [4.69, 9.17) is 18.0 Å². The molecular weight excluding hydrogens is 260 g/mol. The molecule has 0 heterocycles. The maximum Gasteiger partial charge on any atom is 0.0785 e. The molecule has 2 nitrogen and oxygen atoms in total. The quantitative estimate of drug-likeness (QED) is 0.507. The minimum absolute atomic E-state index is 0.463. The molecule has 0 fully saturated rings. The van der Waals surface area contributed by atoms with Gasteiger partial charge in [0.25, 0.3) is 0 Å². The smallest absolute Gasteiger partial charge is 0.0785 e. The molecule has 0 aliphatic heterocycles. The first-order chi connectivity index (χ1) is 8.41. The van der Waals surface area contributed by atoms with Crippen LogP contribution in [0.1, 0.15) is 20.3 Å². The van der Waals surface area contributed by atoms with E-state index in [1.165, 1.54) is 0 Å². The summed E-state index contributed by atoms with van der Waals surface area (Å²) in [4.78, 5) is 4.16. The minimum Gasteiger partial charge on any atom is -0.398 e. The van der Waals surface area contributed by atoms with Crippen molar-refractivity contribution in [3.05, 3.63) is 24.3 Å². The van der Waals surface area contributed by atoms with Gasteiger partial charge in [-0.15, -0.1) is 11.8 Å². The average Bonchev–Trinajstić information content (AvgIpc) is 2.30. The first-order valence-corrected chi connectivity index (χ1v) is 7.42. The van der Waals surface area contributed by atoms with Gasteiger partial charge in [-0.25, -0.2) is 0 Å². The fourth-order valence-corrected chi connectivity index (χ4v) is 3.00. The summed E-state index contributed by atoms with van der Waals surface area (Å²) in [5, 5.41) is 0.463. The zero-order chi connectivity index (χ0) is 13.7. The van der Waals surface area contributed by atoms with Crippen molar-refractivity contribution in [1.82, 2.24) is 4.90 Å². The lowest BCUT2D eigenvalue weighted by Gasteiger charge is -2.24. The topological polar surface area (TPSA) is 29.3 Å². The number of nitrogens with two attached hydrogens (primary N) is 1. The van der Waals surface area contributed by atoms with E-state index in [2.05, 4.69) is 19.9 Å².